The van der Waals surface area contributed by atoms with Crippen molar-refractivity contribution in [1.29, 1.82) is 0 Å². The third-order valence-electron chi connectivity index (χ3n) is 3.14. The van der Waals surface area contributed by atoms with Crippen molar-refractivity contribution in [3.63, 3.8) is 0 Å². The molecule has 2 rings (SSSR count). The van der Waals surface area contributed by atoms with Crippen LogP contribution in [-0.2, 0) is 13.2 Å². The van der Waals surface area contributed by atoms with Crippen LogP contribution < -0.4 is 10.1 Å². The van der Waals surface area contributed by atoms with Gasteiger partial charge in [-0.05, 0) is 39.8 Å². The summed E-state index contributed by atoms with van der Waals surface area (Å²) >= 11 is 0. The molecule has 0 amide bonds. The van der Waals surface area contributed by atoms with E-state index in [0.29, 0.717) is 6.61 Å². The fourth-order valence-electron chi connectivity index (χ4n) is 1.99. The quantitative estimate of drug-likeness (QED) is 0.905. The molecule has 0 radical (unpaired) electrons. The molecule has 1 heterocycles. The van der Waals surface area contributed by atoms with Gasteiger partial charge in [-0.15, -0.1) is 0 Å². The number of pyridine rings is 1. The van der Waals surface area contributed by atoms with E-state index >= 15 is 0 Å². The minimum absolute atomic E-state index is 0.0877. The summed E-state index contributed by atoms with van der Waals surface area (Å²) in [7, 11) is 0. The Hall–Kier alpha value is -1.87. The first-order valence-corrected chi connectivity index (χ1v) is 7.30. The summed E-state index contributed by atoms with van der Waals surface area (Å²) in [6, 6.07) is 10.3. The van der Waals surface area contributed by atoms with Gasteiger partial charge in [0.1, 0.15) is 12.4 Å². The SMILES string of the molecule is Cc1ccc(OCc2cccnc2)c(CNC(C)(C)C)c1. The van der Waals surface area contributed by atoms with E-state index in [1.54, 1.807) is 6.20 Å². The fraction of sp³-hybridized carbons (Fsp3) is 0.389. The molecule has 0 unspecified atom stereocenters. The Balaban J connectivity index is 2.07. The average Bonchev–Trinajstić information content (AvgIpc) is 2.44. The molecular formula is C18H24N2O. The first-order chi connectivity index (χ1) is 9.94. The minimum atomic E-state index is 0.0877. The van der Waals surface area contributed by atoms with Gasteiger partial charge in [0.25, 0.3) is 0 Å². The fourth-order valence-corrected chi connectivity index (χ4v) is 1.99. The van der Waals surface area contributed by atoms with Crippen molar-refractivity contribution in [2.24, 2.45) is 0 Å². The van der Waals surface area contributed by atoms with E-state index in [1.165, 1.54) is 11.1 Å². The van der Waals surface area contributed by atoms with Gasteiger partial charge in [0.2, 0.25) is 0 Å². The van der Waals surface area contributed by atoms with Gasteiger partial charge >= 0.3 is 0 Å². The Morgan fingerprint density at radius 3 is 2.67 bits per heavy atom. The average molecular weight is 284 g/mol. The lowest BCUT2D eigenvalue weighted by Gasteiger charge is -2.22. The molecule has 0 fully saturated rings. The normalized spacial score (nSPS) is 11.4. The first-order valence-electron chi connectivity index (χ1n) is 7.30. The number of nitrogens with one attached hydrogen (secondary N) is 1. The van der Waals surface area contributed by atoms with Crippen LogP contribution in [0.15, 0.2) is 42.7 Å². The summed E-state index contributed by atoms with van der Waals surface area (Å²) in [6.07, 6.45) is 3.61. The minimum Gasteiger partial charge on any atom is -0.489 e. The van der Waals surface area contributed by atoms with Gasteiger partial charge in [-0.1, -0.05) is 23.8 Å². The van der Waals surface area contributed by atoms with Gasteiger partial charge in [-0.3, -0.25) is 4.98 Å². The second-order valence-electron chi connectivity index (χ2n) is 6.36. The molecule has 0 saturated carbocycles. The molecule has 3 nitrogen and oxygen atoms in total. The Labute approximate surface area is 127 Å². The van der Waals surface area contributed by atoms with Crippen LogP contribution in [0.1, 0.15) is 37.5 Å². The number of nitrogens with zero attached hydrogens (tertiary/aromatic N) is 1. The highest BCUT2D eigenvalue weighted by atomic mass is 16.5. The maximum atomic E-state index is 5.96. The highest BCUT2D eigenvalue weighted by Gasteiger charge is 2.11. The third-order valence-corrected chi connectivity index (χ3v) is 3.14. The lowest BCUT2D eigenvalue weighted by Crippen LogP contribution is -2.35. The predicted octanol–water partition coefficient (Wildman–Crippen LogP) is 3.86. The molecule has 0 bridgehead atoms. The molecule has 21 heavy (non-hydrogen) atoms. The van der Waals surface area contributed by atoms with Crippen LogP contribution in [0, 0.1) is 6.92 Å². The molecule has 0 aliphatic carbocycles. The van der Waals surface area contributed by atoms with E-state index < -0.39 is 0 Å². The summed E-state index contributed by atoms with van der Waals surface area (Å²) in [4.78, 5) is 4.11. The predicted molar refractivity (Wildman–Crippen MR) is 86.3 cm³/mol. The van der Waals surface area contributed by atoms with Crippen molar-refractivity contribution in [1.82, 2.24) is 10.3 Å². The van der Waals surface area contributed by atoms with E-state index in [0.717, 1.165) is 17.9 Å². The van der Waals surface area contributed by atoms with E-state index in [9.17, 15) is 0 Å². The Kier molecular flexibility index (Phi) is 4.97. The number of benzene rings is 1. The maximum absolute atomic E-state index is 5.96. The molecule has 0 aliphatic rings. The van der Waals surface area contributed by atoms with Gasteiger partial charge in [0.05, 0.1) is 0 Å². The summed E-state index contributed by atoms with van der Waals surface area (Å²) in [5.74, 6) is 0.932. The smallest absolute Gasteiger partial charge is 0.124 e. The van der Waals surface area contributed by atoms with E-state index in [-0.39, 0.29) is 5.54 Å². The van der Waals surface area contributed by atoms with E-state index in [2.05, 4.69) is 50.1 Å². The zero-order chi connectivity index (χ0) is 15.3. The van der Waals surface area contributed by atoms with Crippen LogP contribution in [0.2, 0.25) is 0 Å². The zero-order valence-corrected chi connectivity index (χ0v) is 13.3. The van der Waals surface area contributed by atoms with Crippen LogP contribution in [0.3, 0.4) is 0 Å². The van der Waals surface area contributed by atoms with Crippen LogP contribution in [-0.4, -0.2) is 10.5 Å². The topological polar surface area (TPSA) is 34.1 Å². The first kappa shape index (κ1) is 15.5. The van der Waals surface area contributed by atoms with Crippen molar-refractivity contribution in [2.45, 2.75) is 46.4 Å². The van der Waals surface area contributed by atoms with Crippen molar-refractivity contribution < 1.29 is 4.74 Å². The lowest BCUT2D eigenvalue weighted by molar-refractivity contribution is 0.299. The Morgan fingerprint density at radius 2 is 2.00 bits per heavy atom. The van der Waals surface area contributed by atoms with Gasteiger partial charge in [0.15, 0.2) is 0 Å². The lowest BCUT2D eigenvalue weighted by atomic mass is 10.1. The summed E-state index contributed by atoms with van der Waals surface area (Å²) in [6.45, 7) is 9.94. The summed E-state index contributed by atoms with van der Waals surface area (Å²) in [5.41, 5.74) is 3.60. The number of aromatic nitrogens is 1. The molecule has 0 saturated heterocycles. The van der Waals surface area contributed by atoms with Crippen LogP contribution in [0.4, 0.5) is 0 Å². The van der Waals surface area contributed by atoms with Crippen molar-refractivity contribution in [3.05, 3.63) is 59.4 Å². The summed E-state index contributed by atoms with van der Waals surface area (Å²) < 4.78 is 5.96. The highest BCUT2D eigenvalue weighted by Crippen LogP contribution is 2.22. The number of hydrogen-bond acceptors (Lipinski definition) is 3. The van der Waals surface area contributed by atoms with Crippen molar-refractivity contribution in [2.75, 3.05) is 0 Å². The third kappa shape index (κ3) is 5.20. The molecule has 0 aliphatic heterocycles. The monoisotopic (exact) mass is 284 g/mol. The molecule has 3 heteroatoms. The molecule has 1 aromatic carbocycles. The van der Waals surface area contributed by atoms with E-state index in [4.69, 9.17) is 4.74 Å². The summed E-state index contributed by atoms with van der Waals surface area (Å²) in [5, 5.41) is 3.51. The largest absolute Gasteiger partial charge is 0.489 e. The number of ether oxygens (including phenoxy) is 1. The standard InChI is InChI=1S/C18H24N2O/c1-14-7-8-17(16(10-14)12-20-18(2,3)4)21-13-15-6-5-9-19-11-15/h5-11,20H,12-13H2,1-4H3. The van der Waals surface area contributed by atoms with Crippen LogP contribution in [0.25, 0.3) is 0 Å². The Morgan fingerprint density at radius 1 is 1.19 bits per heavy atom. The van der Waals surface area contributed by atoms with Gasteiger partial charge in [-0.25, -0.2) is 0 Å². The number of hydrogen-bond donors (Lipinski definition) is 1. The van der Waals surface area contributed by atoms with Crippen LogP contribution in [0.5, 0.6) is 5.75 Å². The second-order valence-corrected chi connectivity index (χ2v) is 6.36. The number of aryl methyl sites for hydroxylation is 1. The van der Waals surface area contributed by atoms with Gasteiger partial charge in [0, 0.05) is 35.6 Å². The van der Waals surface area contributed by atoms with Gasteiger partial charge in [-0.2, -0.15) is 0 Å². The van der Waals surface area contributed by atoms with Gasteiger partial charge < -0.3 is 10.1 Å². The Bertz CT molecular complexity index is 574. The van der Waals surface area contributed by atoms with Crippen molar-refractivity contribution in [3.8, 4) is 5.75 Å². The van der Waals surface area contributed by atoms with Crippen LogP contribution >= 0.6 is 0 Å². The van der Waals surface area contributed by atoms with E-state index in [1.807, 2.05) is 24.4 Å². The second kappa shape index (κ2) is 6.72. The highest BCUT2D eigenvalue weighted by molar-refractivity contribution is 5.37. The molecule has 2 aromatic rings. The number of rotatable bonds is 5. The zero-order valence-electron chi connectivity index (χ0n) is 13.3. The molecule has 0 atom stereocenters. The maximum Gasteiger partial charge on any atom is 0.124 e. The molecule has 1 N–H and O–H groups in total. The van der Waals surface area contributed by atoms with Crippen molar-refractivity contribution >= 4 is 0 Å². The molecule has 0 spiro atoms. The molecule has 112 valence electrons. The molecular weight excluding hydrogens is 260 g/mol. The molecule has 1 aromatic heterocycles.